The third-order valence-corrected chi connectivity index (χ3v) is 4.54. The molecule has 2 aliphatic rings. The lowest BCUT2D eigenvalue weighted by Crippen LogP contribution is -2.27. The summed E-state index contributed by atoms with van der Waals surface area (Å²) in [5.74, 6) is 1.40. The smallest absolute Gasteiger partial charge is 0.349 e. The minimum atomic E-state index is -0.281. The largest absolute Gasteiger partial charge is 0.465 e. The highest BCUT2D eigenvalue weighted by Crippen LogP contribution is 2.36. The van der Waals surface area contributed by atoms with Crippen LogP contribution >= 0.6 is 11.3 Å². The van der Waals surface area contributed by atoms with Gasteiger partial charge >= 0.3 is 5.97 Å². The number of nitrogens with zero attached hydrogens (tertiary/aromatic N) is 2. The van der Waals surface area contributed by atoms with Gasteiger partial charge in [0.2, 0.25) is 0 Å². The van der Waals surface area contributed by atoms with Crippen molar-refractivity contribution in [3.8, 4) is 0 Å². The monoisotopic (exact) mass is 266 g/mol. The van der Waals surface area contributed by atoms with E-state index in [0.29, 0.717) is 4.88 Å². The molecule has 2 fully saturated rings. The maximum atomic E-state index is 11.4. The van der Waals surface area contributed by atoms with Crippen LogP contribution in [-0.2, 0) is 4.74 Å². The number of aromatic nitrogens is 1. The molecule has 1 aromatic rings. The van der Waals surface area contributed by atoms with Gasteiger partial charge in [-0.3, -0.25) is 0 Å². The van der Waals surface area contributed by atoms with Crippen LogP contribution in [0.3, 0.4) is 0 Å². The summed E-state index contributed by atoms with van der Waals surface area (Å²) in [7, 11) is 1.41. The summed E-state index contributed by atoms with van der Waals surface area (Å²) < 4.78 is 4.73. The van der Waals surface area contributed by atoms with E-state index in [4.69, 9.17) is 4.74 Å². The Labute approximate surface area is 111 Å². The molecule has 0 aliphatic heterocycles. The molecule has 0 radical (unpaired) electrons. The zero-order chi connectivity index (χ0) is 12.5. The van der Waals surface area contributed by atoms with E-state index in [-0.39, 0.29) is 5.97 Å². The molecule has 0 N–H and O–H groups in total. The molecule has 0 unspecified atom stereocenters. The van der Waals surface area contributed by atoms with Crippen LogP contribution in [0.15, 0.2) is 6.20 Å². The van der Waals surface area contributed by atoms with E-state index in [1.54, 1.807) is 6.20 Å². The van der Waals surface area contributed by atoms with Gasteiger partial charge in [-0.1, -0.05) is 11.3 Å². The van der Waals surface area contributed by atoms with Crippen molar-refractivity contribution in [2.75, 3.05) is 25.1 Å². The Bertz CT molecular complexity index is 424. The molecule has 0 bridgehead atoms. The fourth-order valence-electron chi connectivity index (χ4n) is 2.06. The molecule has 0 amide bonds. The fourth-order valence-corrected chi connectivity index (χ4v) is 2.91. The first-order valence-electron chi connectivity index (χ1n) is 6.55. The number of methoxy groups -OCH3 is 1. The van der Waals surface area contributed by atoms with Crippen molar-refractivity contribution in [3.63, 3.8) is 0 Å². The van der Waals surface area contributed by atoms with Crippen molar-refractivity contribution >= 4 is 22.4 Å². The second-order valence-corrected chi connectivity index (χ2v) is 6.30. The first-order chi connectivity index (χ1) is 8.76. The molecule has 1 heterocycles. The molecule has 4 nitrogen and oxygen atoms in total. The summed E-state index contributed by atoms with van der Waals surface area (Å²) in [6.07, 6.45) is 7.01. The Kier molecular flexibility index (Phi) is 3.24. The van der Waals surface area contributed by atoms with Gasteiger partial charge < -0.3 is 9.64 Å². The number of rotatable bonds is 6. The Balaban J connectivity index is 1.70. The Morgan fingerprint density at radius 2 is 2.00 bits per heavy atom. The first kappa shape index (κ1) is 12.0. The van der Waals surface area contributed by atoms with Crippen molar-refractivity contribution in [2.24, 2.45) is 11.8 Å². The first-order valence-corrected chi connectivity index (χ1v) is 7.37. The lowest BCUT2D eigenvalue weighted by atomic mass is 10.3. The van der Waals surface area contributed by atoms with E-state index in [9.17, 15) is 4.79 Å². The number of thiazole rings is 1. The second-order valence-electron chi connectivity index (χ2n) is 5.29. The molecule has 2 saturated carbocycles. The van der Waals surface area contributed by atoms with E-state index >= 15 is 0 Å². The summed E-state index contributed by atoms with van der Waals surface area (Å²) in [6, 6.07) is 0. The summed E-state index contributed by atoms with van der Waals surface area (Å²) in [6.45, 7) is 2.20. The molecule has 1 aromatic heterocycles. The molecule has 3 rings (SSSR count). The van der Waals surface area contributed by atoms with E-state index in [2.05, 4.69) is 9.88 Å². The maximum absolute atomic E-state index is 11.4. The van der Waals surface area contributed by atoms with Crippen LogP contribution in [0.25, 0.3) is 0 Å². The van der Waals surface area contributed by atoms with Gasteiger partial charge in [-0.25, -0.2) is 9.78 Å². The van der Waals surface area contributed by atoms with Crippen molar-refractivity contribution < 1.29 is 9.53 Å². The van der Waals surface area contributed by atoms with Gasteiger partial charge in [0, 0.05) is 13.1 Å². The third-order valence-electron chi connectivity index (χ3n) is 3.50. The predicted molar refractivity (Wildman–Crippen MR) is 71.1 cm³/mol. The number of anilines is 1. The summed E-state index contributed by atoms with van der Waals surface area (Å²) in [5.41, 5.74) is 0. The number of ether oxygens (including phenoxy) is 1. The van der Waals surface area contributed by atoms with Crippen LogP contribution in [0.4, 0.5) is 5.13 Å². The minimum absolute atomic E-state index is 0.281. The highest BCUT2D eigenvalue weighted by molar-refractivity contribution is 7.17. The highest BCUT2D eigenvalue weighted by atomic mass is 32.1. The fraction of sp³-hybridized carbons (Fsp3) is 0.692. The molecule has 0 aromatic carbocycles. The molecule has 0 saturated heterocycles. The molecule has 2 aliphatic carbocycles. The quantitative estimate of drug-likeness (QED) is 0.742. The average Bonchev–Trinajstić information content (AvgIpc) is 3.30. The number of hydrogen-bond acceptors (Lipinski definition) is 5. The Hall–Kier alpha value is -1.10. The van der Waals surface area contributed by atoms with E-state index < -0.39 is 0 Å². The van der Waals surface area contributed by atoms with E-state index in [1.165, 1.54) is 44.1 Å². The average molecular weight is 266 g/mol. The van der Waals surface area contributed by atoms with Gasteiger partial charge in [-0.2, -0.15) is 0 Å². The Morgan fingerprint density at radius 3 is 2.50 bits per heavy atom. The van der Waals surface area contributed by atoms with Gasteiger partial charge in [0.25, 0.3) is 0 Å². The van der Waals surface area contributed by atoms with Crippen molar-refractivity contribution in [1.29, 1.82) is 0 Å². The molecule has 98 valence electrons. The lowest BCUT2D eigenvalue weighted by molar-refractivity contribution is 0.0606. The maximum Gasteiger partial charge on any atom is 0.349 e. The summed E-state index contributed by atoms with van der Waals surface area (Å²) in [4.78, 5) is 18.8. The Morgan fingerprint density at radius 1 is 1.39 bits per heavy atom. The molecule has 5 heteroatoms. The lowest BCUT2D eigenvalue weighted by Gasteiger charge is -2.21. The number of esters is 1. The summed E-state index contributed by atoms with van der Waals surface area (Å²) in [5, 5.41) is 0.981. The van der Waals surface area contributed by atoms with Crippen LogP contribution in [0.1, 0.15) is 35.4 Å². The standard InChI is InChI=1S/C13H18N2O2S/c1-17-12(16)11-6-14-13(18-11)15(7-9-2-3-9)8-10-4-5-10/h6,9-10H,2-5,7-8H2,1H3. The van der Waals surface area contributed by atoms with Crippen LogP contribution in [-0.4, -0.2) is 31.2 Å². The van der Waals surface area contributed by atoms with E-state index in [1.807, 2.05) is 0 Å². The van der Waals surface area contributed by atoms with Gasteiger partial charge in [0.15, 0.2) is 5.13 Å². The van der Waals surface area contributed by atoms with Gasteiger partial charge in [0.05, 0.1) is 13.3 Å². The molecule has 0 atom stereocenters. The number of hydrogen-bond donors (Lipinski definition) is 0. The van der Waals surface area contributed by atoms with Gasteiger partial charge in [0.1, 0.15) is 4.88 Å². The zero-order valence-corrected chi connectivity index (χ0v) is 11.4. The summed E-state index contributed by atoms with van der Waals surface area (Å²) >= 11 is 1.45. The van der Waals surface area contributed by atoms with Crippen molar-refractivity contribution in [2.45, 2.75) is 25.7 Å². The normalized spacial score (nSPS) is 18.7. The zero-order valence-electron chi connectivity index (χ0n) is 10.6. The molecular weight excluding hydrogens is 248 g/mol. The number of carbonyl (C=O) groups is 1. The molecule has 0 spiro atoms. The van der Waals surface area contributed by atoms with Crippen LogP contribution in [0.5, 0.6) is 0 Å². The topological polar surface area (TPSA) is 42.4 Å². The minimum Gasteiger partial charge on any atom is -0.465 e. The van der Waals surface area contributed by atoms with Crippen LogP contribution < -0.4 is 4.90 Å². The van der Waals surface area contributed by atoms with Crippen LogP contribution in [0, 0.1) is 11.8 Å². The van der Waals surface area contributed by atoms with Gasteiger partial charge in [-0.15, -0.1) is 0 Å². The van der Waals surface area contributed by atoms with Crippen molar-refractivity contribution in [1.82, 2.24) is 4.98 Å². The third kappa shape index (κ3) is 2.83. The number of carbonyl (C=O) groups excluding carboxylic acids is 1. The predicted octanol–water partition coefficient (Wildman–Crippen LogP) is 2.56. The second kappa shape index (κ2) is 4.88. The van der Waals surface area contributed by atoms with E-state index in [0.717, 1.165) is 30.1 Å². The van der Waals surface area contributed by atoms with Crippen LogP contribution in [0.2, 0.25) is 0 Å². The molecular formula is C13H18N2O2S. The molecule has 18 heavy (non-hydrogen) atoms. The van der Waals surface area contributed by atoms with Crippen molar-refractivity contribution in [3.05, 3.63) is 11.1 Å². The van der Waals surface area contributed by atoms with Gasteiger partial charge in [-0.05, 0) is 37.5 Å². The SMILES string of the molecule is COC(=O)c1cnc(N(CC2CC2)CC2CC2)s1. The highest BCUT2D eigenvalue weighted by Gasteiger charge is 2.30.